The van der Waals surface area contributed by atoms with E-state index in [1.807, 2.05) is 0 Å². The fourth-order valence-corrected chi connectivity index (χ4v) is 2.90. The highest BCUT2D eigenvalue weighted by molar-refractivity contribution is 5.69. The second-order valence-corrected chi connectivity index (χ2v) is 6.22. The van der Waals surface area contributed by atoms with Crippen LogP contribution in [0.3, 0.4) is 0 Å². The van der Waals surface area contributed by atoms with Gasteiger partial charge in [-0.1, -0.05) is 45.0 Å². The fraction of sp³-hybridized carbons (Fsp3) is 0.529. The van der Waals surface area contributed by atoms with E-state index in [0.717, 1.165) is 6.61 Å². The number of methoxy groups -OCH3 is 2. The van der Waals surface area contributed by atoms with Gasteiger partial charge in [-0.2, -0.15) is 0 Å². The number of benzene rings is 1. The Morgan fingerprint density at radius 1 is 1.11 bits per heavy atom. The predicted octanol–water partition coefficient (Wildman–Crippen LogP) is 3.76. The van der Waals surface area contributed by atoms with Crippen LogP contribution in [-0.2, 0) is 14.9 Å². The van der Waals surface area contributed by atoms with Crippen molar-refractivity contribution in [2.24, 2.45) is 0 Å². The summed E-state index contributed by atoms with van der Waals surface area (Å²) in [5.74, 6) is 0.329. The molecule has 0 fully saturated rings. The Balaban J connectivity index is 2.49. The third-order valence-electron chi connectivity index (χ3n) is 3.73. The van der Waals surface area contributed by atoms with Crippen LogP contribution >= 0.6 is 0 Å². The highest BCUT2D eigenvalue weighted by atomic mass is 16.5. The molecule has 0 bridgehead atoms. The molecule has 0 aliphatic heterocycles. The molecule has 0 amide bonds. The fourth-order valence-electron chi connectivity index (χ4n) is 2.90. The van der Waals surface area contributed by atoms with E-state index in [-0.39, 0.29) is 5.41 Å². The zero-order valence-electron chi connectivity index (χ0n) is 12.6. The maximum absolute atomic E-state index is 5.43. The molecule has 19 heavy (non-hydrogen) atoms. The van der Waals surface area contributed by atoms with E-state index in [9.17, 15) is 0 Å². The van der Waals surface area contributed by atoms with Crippen molar-refractivity contribution in [3.63, 3.8) is 0 Å². The molecule has 1 unspecified atom stereocenters. The van der Waals surface area contributed by atoms with Gasteiger partial charge in [-0.15, -0.1) is 0 Å². The third-order valence-corrected chi connectivity index (χ3v) is 3.73. The minimum Gasteiger partial charge on any atom is -0.384 e. The van der Waals surface area contributed by atoms with Gasteiger partial charge >= 0.3 is 0 Å². The molecule has 1 aromatic rings. The standard InChI is InChI=1S/C17H24O2/c1-17(2,3)15-8-6-7-12-9-13(10-18-4)14(11-19-5)16(12)15/h6-9,14H,10-11H2,1-5H3. The summed E-state index contributed by atoms with van der Waals surface area (Å²) in [5.41, 5.74) is 5.61. The van der Waals surface area contributed by atoms with Crippen molar-refractivity contribution in [1.82, 2.24) is 0 Å². The van der Waals surface area contributed by atoms with Crippen molar-refractivity contribution in [2.45, 2.75) is 32.1 Å². The van der Waals surface area contributed by atoms with Crippen LogP contribution in [0.15, 0.2) is 23.8 Å². The Labute approximate surface area is 116 Å². The minimum atomic E-state index is 0.147. The largest absolute Gasteiger partial charge is 0.384 e. The van der Waals surface area contributed by atoms with Gasteiger partial charge in [0.25, 0.3) is 0 Å². The smallest absolute Gasteiger partial charge is 0.0683 e. The lowest BCUT2D eigenvalue weighted by Gasteiger charge is -2.26. The van der Waals surface area contributed by atoms with Crippen molar-refractivity contribution in [1.29, 1.82) is 0 Å². The molecule has 104 valence electrons. The molecule has 0 spiro atoms. The molecular formula is C17H24O2. The normalized spacial score (nSPS) is 18.4. The molecule has 2 heteroatoms. The van der Waals surface area contributed by atoms with Gasteiger partial charge in [0.2, 0.25) is 0 Å². The summed E-state index contributed by atoms with van der Waals surface area (Å²) >= 11 is 0. The summed E-state index contributed by atoms with van der Waals surface area (Å²) in [7, 11) is 3.51. The van der Waals surface area contributed by atoms with Gasteiger partial charge in [-0.3, -0.25) is 0 Å². The molecule has 1 aromatic carbocycles. The molecule has 2 rings (SSSR count). The average Bonchev–Trinajstić information content (AvgIpc) is 2.67. The number of fused-ring (bicyclic) bond motifs is 1. The molecule has 0 saturated carbocycles. The van der Waals surface area contributed by atoms with Gasteiger partial charge in [-0.25, -0.2) is 0 Å². The first kappa shape index (κ1) is 14.3. The van der Waals surface area contributed by atoms with Crippen LogP contribution in [0, 0.1) is 0 Å². The lowest BCUT2D eigenvalue weighted by atomic mass is 9.79. The van der Waals surface area contributed by atoms with Crippen molar-refractivity contribution in [2.75, 3.05) is 27.4 Å². The summed E-state index contributed by atoms with van der Waals surface area (Å²) < 4.78 is 10.8. The van der Waals surface area contributed by atoms with E-state index in [1.165, 1.54) is 22.3 Å². The monoisotopic (exact) mass is 260 g/mol. The van der Waals surface area contributed by atoms with E-state index in [2.05, 4.69) is 45.0 Å². The first-order valence-corrected chi connectivity index (χ1v) is 6.80. The first-order valence-electron chi connectivity index (χ1n) is 6.80. The molecule has 0 heterocycles. The van der Waals surface area contributed by atoms with E-state index in [1.54, 1.807) is 14.2 Å². The summed E-state index contributed by atoms with van der Waals surface area (Å²) in [4.78, 5) is 0. The van der Waals surface area contributed by atoms with Crippen LogP contribution in [-0.4, -0.2) is 27.4 Å². The molecule has 0 N–H and O–H groups in total. The zero-order valence-corrected chi connectivity index (χ0v) is 12.6. The van der Waals surface area contributed by atoms with Gasteiger partial charge in [0.1, 0.15) is 0 Å². The van der Waals surface area contributed by atoms with Crippen molar-refractivity contribution in [3.05, 3.63) is 40.5 Å². The summed E-state index contributed by atoms with van der Waals surface area (Å²) in [6.45, 7) is 8.18. The lowest BCUT2D eigenvalue weighted by Crippen LogP contribution is -2.19. The van der Waals surface area contributed by atoms with Gasteiger partial charge in [-0.05, 0) is 27.7 Å². The molecule has 1 atom stereocenters. The Bertz CT molecular complexity index is 481. The van der Waals surface area contributed by atoms with E-state index < -0.39 is 0 Å². The molecular weight excluding hydrogens is 236 g/mol. The maximum Gasteiger partial charge on any atom is 0.0683 e. The Morgan fingerprint density at radius 3 is 2.42 bits per heavy atom. The summed E-state index contributed by atoms with van der Waals surface area (Å²) in [6.07, 6.45) is 2.26. The number of hydrogen-bond acceptors (Lipinski definition) is 2. The van der Waals surface area contributed by atoms with E-state index >= 15 is 0 Å². The number of ether oxygens (including phenoxy) is 2. The second kappa shape index (κ2) is 5.48. The lowest BCUT2D eigenvalue weighted by molar-refractivity contribution is 0.174. The predicted molar refractivity (Wildman–Crippen MR) is 79.6 cm³/mol. The van der Waals surface area contributed by atoms with Crippen LogP contribution in [0.5, 0.6) is 0 Å². The average molecular weight is 260 g/mol. The van der Waals surface area contributed by atoms with Crippen molar-refractivity contribution < 1.29 is 9.47 Å². The highest BCUT2D eigenvalue weighted by Gasteiger charge is 2.30. The third kappa shape index (κ3) is 2.75. The second-order valence-electron chi connectivity index (χ2n) is 6.22. The SMILES string of the molecule is COCC1=Cc2cccc(C(C)(C)C)c2C1COC. The summed E-state index contributed by atoms with van der Waals surface area (Å²) in [6, 6.07) is 6.58. The Morgan fingerprint density at radius 2 is 1.84 bits per heavy atom. The zero-order chi connectivity index (χ0) is 14.0. The molecule has 0 saturated heterocycles. The Hall–Kier alpha value is -1.12. The molecule has 0 aromatic heterocycles. The first-order chi connectivity index (χ1) is 8.99. The minimum absolute atomic E-state index is 0.147. The van der Waals surface area contributed by atoms with Crippen LogP contribution in [0.1, 0.15) is 43.4 Å². The van der Waals surface area contributed by atoms with Gasteiger partial charge < -0.3 is 9.47 Å². The van der Waals surface area contributed by atoms with Crippen molar-refractivity contribution in [3.8, 4) is 0 Å². The molecule has 0 radical (unpaired) electrons. The van der Waals surface area contributed by atoms with E-state index in [0.29, 0.717) is 12.5 Å². The van der Waals surface area contributed by atoms with Crippen LogP contribution in [0.4, 0.5) is 0 Å². The van der Waals surface area contributed by atoms with Gasteiger partial charge in [0.15, 0.2) is 0 Å². The highest BCUT2D eigenvalue weighted by Crippen LogP contribution is 2.42. The molecule has 2 nitrogen and oxygen atoms in total. The van der Waals surface area contributed by atoms with Gasteiger partial charge in [0.05, 0.1) is 13.2 Å². The van der Waals surface area contributed by atoms with Crippen LogP contribution in [0.2, 0.25) is 0 Å². The Kier molecular flexibility index (Phi) is 4.12. The molecule has 1 aliphatic rings. The molecule has 1 aliphatic carbocycles. The van der Waals surface area contributed by atoms with Crippen LogP contribution in [0.25, 0.3) is 6.08 Å². The maximum atomic E-state index is 5.43. The van der Waals surface area contributed by atoms with Crippen molar-refractivity contribution >= 4 is 6.08 Å². The number of rotatable bonds is 4. The van der Waals surface area contributed by atoms with E-state index in [4.69, 9.17) is 9.47 Å². The topological polar surface area (TPSA) is 18.5 Å². The number of hydrogen-bond donors (Lipinski definition) is 0. The quantitative estimate of drug-likeness (QED) is 0.820. The summed E-state index contributed by atoms with van der Waals surface area (Å²) in [5, 5.41) is 0. The van der Waals surface area contributed by atoms with Crippen LogP contribution < -0.4 is 0 Å². The van der Waals surface area contributed by atoms with Gasteiger partial charge in [0, 0.05) is 20.1 Å².